The standard InChI is InChI=1S/C22H31N3O3/c1-5-16(3)23-22(27)19-15-28-20(24-19)14-25(17(4)6-2)21(26)13-12-18-10-8-7-9-11-18/h7-11,15-17H,5-6,12-14H2,1-4H3,(H,23,27)/t16-,17-/m1/s1. The minimum Gasteiger partial charge on any atom is -0.446 e. The van der Waals surface area contributed by atoms with Gasteiger partial charge in [-0.1, -0.05) is 44.2 Å². The van der Waals surface area contributed by atoms with E-state index in [1.807, 2.05) is 58.0 Å². The number of nitrogens with one attached hydrogen (secondary N) is 1. The van der Waals surface area contributed by atoms with Crippen LogP contribution in [0.3, 0.4) is 0 Å². The van der Waals surface area contributed by atoms with Crippen LogP contribution in [0, 0.1) is 0 Å². The molecule has 2 amide bonds. The maximum absolute atomic E-state index is 12.8. The molecule has 1 N–H and O–H groups in total. The molecule has 0 unspecified atom stereocenters. The van der Waals surface area contributed by atoms with Gasteiger partial charge in [0, 0.05) is 18.5 Å². The first kappa shape index (κ1) is 21.7. The third-order valence-corrected chi connectivity index (χ3v) is 4.99. The molecule has 2 atom stereocenters. The second-order valence-corrected chi connectivity index (χ2v) is 7.17. The van der Waals surface area contributed by atoms with Crippen molar-refractivity contribution in [2.24, 2.45) is 0 Å². The molecule has 6 nitrogen and oxygen atoms in total. The van der Waals surface area contributed by atoms with Crippen molar-refractivity contribution in [1.29, 1.82) is 0 Å². The molecule has 28 heavy (non-hydrogen) atoms. The third kappa shape index (κ3) is 6.22. The molecule has 0 fully saturated rings. The summed E-state index contributed by atoms with van der Waals surface area (Å²) in [5, 5.41) is 2.87. The van der Waals surface area contributed by atoms with Crippen LogP contribution in [0.1, 0.15) is 68.9 Å². The van der Waals surface area contributed by atoms with E-state index in [1.165, 1.54) is 6.26 Å². The summed E-state index contributed by atoms with van der Waals surface area (Å²) < 4.78 is 5.47. The summed E-state index contributed by atoms with van der Waals surface area (Å²) in [6, 6.07) is 10.1. The average Bonchev–Trinajstić information content (AvgIpc) is 3.19. The van der Waals surface area contributed by atoms with Crippen LogP contribution in [0.25, 0.3) is 0 Å². The lowest BCUT2D eigenvalue weighted by atomic mass is 10.1. The molecular weight excluding hydrogens is 354 g/mol. The van der Waals surface area contributed by atoms with Crippen molar-refractivity contribution >= 4 is 11.8 Å². The Bertz CT molecular complexity index is 757. The largest absolute Gasteiger partial charge is 0.446 e. The lowest BCUT2D eigenvalue weighted by Gasteiger charge is -2.27. The highest BCUT2D eigenvalue weighted by molar-refractivity contribution is 5.92. The summed E-state index contributed by atoms with van der Waals surface area (Å²) in [5.41, 5.74) is 1.39. The molecule has 0 bridgehead atoms. The smallest absolute Gasteiger partial charge is 0.273 e. The first-order valence-electron chi connectivity index (χ1n) is 10.0. The zero-order chi connectivity index (χ0) is 20.5. The second kappa shape index (κ2) is 10.6. The highest BCUT2D eigenvalue weighted by atomic mass is 16.3. The number of carbonyl (C=O) groups is 2. The van der Waals surface area contributed by atoms with Crippen molar-refractivity contribution in [3.8, 4) is 0 Å². The van der Waals surface area contributed by atoms with E-state index in [0.29, 0.717) is 18.7 Å². The number of rotatable bonds is 10. The monoisotopic (exact) mass is 385 g/mol. The van der Waals surface area contributed by atoms with E-state index < -0.39 is 0 Å². The molecular formula is C22H31N3O3. The van der Waals surface area contributed by atoms with Gasteiger partial charge in [0.2, 0.25) is 11.8 Å². The Balaban J connectivity index is 2.01. The highest BCUT2D eigenvalue weighted by Gasteiger charge is 2.22. The van der Waals surface area contributed by atoms with Gasteiger partial charge in [-0.25, -0.2) is 4.98 Å². The summed E-state index contributed by atoms with van der Waals surface area (Å²) in [7, 11) is 0. The van der Waals surface area contributed by atoms with E-state index in [4.69, 9.17) is 4.42 Å². The van der Waals surface area contributed by atoms with E-state index >= 15 is 0 Å². The van der Waals surface area contributed by atoms with Crippen molar-refractivity contribution in [2.75, 3.05) is 0 Å². The molecule has 1 aromatic carbocycles. The van der Waals surface area contributed by atoms with Crippen molar-refractivity contribution in [2.45, 2.75) is 72.0 Å². The summed E-state index contributed by atoms with van der Waals surface area (Å²) >= 11 is 0. The fraction of sp³-hybridized carbons (Fsp3) is 0.500. The first-order chi connectivity index (χ1) is 13.4. The van der Waals surface area contributed by atoms with Gasteiger partial charge in [0.05, 0.1) is 6.54 Å². The molecule has 0 aliphatic rings. The number of amides is 2. The number of carbonyl (C=O) groups excluding carboxylic acids is 2. The fourth-order valence-corrected chi connectivity index (χ4v) is 2.78. The van der Waals surface area contributed by atoms with Crippen LogP contribution in [0.4, 0.5) is 0 Å². The lowest BCUT2D eigenvalue weighted by molar-refractivity contribution is -0.134. The molecule has 0 aliphatic heterocycles. The quantitative estimate of drug-likeness (QED) is 0.672. The number of hydrogen-bond acceptors (Lipinski definition) is 4. The van der Waals surface area contributed by atoms with Gasteiger partial charge in [-0.05, 0) is 38.7 Å². The molecule has 0 saturated heterocycles. The first-order valence-corrected chi connectivity index (χ1v) is 10.0. The Morgan fingerprint density at radius 3 is 2.50 bits per heavy atom. The molecule has 1 aromatic heterocycles. The predicted octanol–water partition coefficient (Wildman–Crippen LogP) is 3.96. The maximum Gasteiger partial charge on any atom is 0.273 e. The van der Waals surface area contributed by atoms with Gasteiger partial charge in [0.1, 0.15) is 6.26 Å². The van der Waals surface area contributed by atoms with Gasteiger partial charge in [-0.2, -0.15) is 0 Å². The van der Waals surface area contributed by atoms with Crippen LogP contribution in [-0.2, 0) is 17.8 Å². The summed E-state index contributed by atoms with van der Waals surface area (Å²) in [6.07, 6.45) is 4.15. The Morgan fingerprint density at radius 1 is 1.14 bits per heavy atom. The van der Waals surface area contributed by atoms with Crippen LogP contribution < -0.4 is 5.32 Å². The van der Waals surface area contributed by atoms with E-state index in [2.05, 4.69) is 10.3 Å². The molecule has 1 heterocycles. The van der Waals surface area contributed by atoms with E-state index in [1.54, 1.807) is 4.90 Å². The van der Waals surface area contributed by atoms with E-state index in [-0.39, 0.29) is 36.1 Å². The summed E-state index contributed by atoms with van der Waals surface area (Å²) in [6.45, 7) is 8.26. The van der Waals surface area contributed by atoms with Gasteiger partial charge in [-0.15, -0.1) is 0 Å². The van der Waals surface area contributed by atoms with Crippen LogP contribution in [0.15, 0.2) is 41.0 Å². The molecule has 2 aromatic rings. The third-order valence-electron chi connectivity index (χ3n) is 4.99. The maximum atomic E-state index is 12.8. The molecule has 0 saturated carbocycles. The number of benzene rings is 1. The normalized spacial score (nSPS) is 13.0. The highest BCUT2D eigenvalue weighted by Crippen LogP contribution is 2.14. The summed E-state index contributed by atoms with van der Waals surface area (Å²) in [5.74, 6) is 0.180. The average molecular weight is 386 g/mol. The van der Waals surface area contributed by atoms with Crippen LogP contribution in [0.2, 0.25) is 0 Å². The zero-order valence-electron chi connectivity index (χ0n) is 17.3. The van der Waals surface area contributed by atoms with E-state index in [9.17, 15) is 9.59 Å². The van der Waals surface area contributed by atoms with Crippen LogP contribution >= 0.6 is 0 Å². The van der Waals surface area contributed by atoms with Crippen LogP contribution in [-0.4, -0.2) is 33.8 Å². The molecule has 0 aliphatic carbocycles. The van der Waals surface area contributed by atoms with E-state index in [0.717, 1.165) is 18.4 Å². The molecule has 6 heteroatoms. The van der Waals surface area contributed by atoms with Crippen molar-refractivity contribution in [3.63, 3.8) is 0 Å². The number of nitrogens with zero attached hydrogens (tertiary/aromatic N) is 2. The Hall–Kier alpha value is -2.63. The number of hydrogen-bond donors (Lipinski definition) is 1. The predicted molar refractivity (Wildman–Crippen MR) is 109 cm³/mol. The minimum absolute atomic E-state index is 0.0574. The van der Waals surface area contributed by atoms with Gasteiger partial charge in [0.15, 0.2) is 5.69 Å². The molecule has 0 radical (unpaired) electrons. The Labute approximate surface area is 167 Å². The Morgan fingerprint density at radius 2 is 1.86 bits per heavy atom. The fourth-order valence-electron chi connectivity index (χ4n) is 2.78. The van der Waals surface area contributed by atoms with Gasteiger partial charge in [0.25, 0.3) is 5.91 Å². The molecule has 0 spiro atoms. The SMILES string of the molecule is CC[C@@H](C)NC(=O)c1coc(CN(C(=O)CCc2ccccc2)[C@H](C)CC)n1. The minimum atomic E-state index is -0.255. The number of aryl methyl sites for hydroxylation is 1. The Kier molecular flexibility index (Phi) is 8.23. The summed E-state index contributed by atoms with van der Waals surface area (Å²) in [4.78, 5) is 31.1. The number of aromatic nitrogens is 1. The molecule has 2 rings (SSSR count). The lowest BCUT2D eigenvalue weighted by Crippen LogP contribution is -2.38. The zero-order valence-corrected chi connectivity index (χ0v) is 17.3. The van der Waals surface area contributed by atoms with Crippen molar-refractivity contribution in [1.82, 2.24) is 15.2 Å². The van der Waals surface area contributed by atoms with Gasteiger partial charge in [-0.3, -0.25) is 9.59 Å². The van der Waals surface area contributed by atoms with Gasteiger partial charge >= 0.3 is 0 Å². The van der Waals surface area contributed by atoms with Crippen molar-refractivity contribution < 1.29 is 14.0 Å². The van der Waals surface area contributed by atoms with Crippen LogP contribution in [0.5, 0.6) is 0 Å². The topological polar surface area (TPSA) is 75.4 Å². The number of oxazole rings is 1. The van der Waals surface area contributed by atoms with Crippen molar-refractivity contribution in [3.05, 3.63) is 53.7 Å². The molecule has 152 valence electrons. The van der Waals surface area contributed by atoms with Gasteiger partial charge < -0.3 is 14.6 Å². The second-order valence-electron chi connectivity index (χ2n) is 7.17.